The number of rotatable bonds is 5. The molecule has 0 saturated heterocycles. The van der Waals surface area contributed by atoms with Crippen molar-refractivity contribution in [2.75, 3.05) is 11.9 Å². The van der Waals surface area contributed by atoms with Crippen LogP contribution in [0.15, 0.2) is 24.3 Å². The first-order valence-corrected chi connectivity index (χ1v) is 7.14. The predicted octanol–water partition coefficient (Wildman–Crippen LogP) is 1.85. The lowest BCUT2D eigenvalue weighted by Gasteiger charge is -2.29. The third-order valence-corrected chi connectivity index (χ3v) is 3.76. The smallest absolute Gasteiger partial charge is 0.313 e. The average molecular weight is 292 g/mol. The van der Waals surface area contributed by atoms with Crippen LogP contribution in [0.5, 0.6) is 0 Å². The number of carbonyl (C=O) groups excluding carboxylic acids is 2. The number of aliphatic hydroxyl groups is 1. The standard InChI is InChI=1S/C16H24N2O3/c1-5-12(3)16(4,21)10-17-14(19)15(20)18-13-8-6-7-11(2)9-13/h6-9,12,21H,5,10H2,1-4H3,(H,17,19)(H,18,20)/t12-,16-/m1/s1. The Kier molecular flexibility index (Phi) is 5.90. The summed E-state index contributed by atoms with van der Waals surface area (Å²) in [7, 11) is 0. The van der Waals surface area contributed by atoms with Crippen LogP contribution >= 0.6 is 0 Å². The highest BCUT2D eigenvalue weighted by atomic mass is 16.3. The van der Waals surface area contributed by atoms with Crippen LogP contribution in [0.3, 0.4) is 0 Å². The highest BCUT2D eigenvalue weighted by molar-refractivity contribution is 6.39. The molecule has 2 amide bonds. The number of anilines is 1. The number of hydrogen-bond donors (Lipinski definition) is 3. The maximum atomic E-state index is 11.8. The molecule has 0 fully saturated rings. The quantitative estimate of drug-likeness (QED) is 0.725. The van der Waals surface area contributed by atoms with E-state index >= 15 is 0 Å². The lowest BCUT2D eigenvalue weighted by atomic mass is 9.89. The summed E-state index contributed by atoms with van der Waals surface area (Å²) in [5, 5.41) is 15.2. The summed E-state index contributed by atoms with van der Waals surface area (Å²) >= 11 is 0. The van der Waals surface area contributed by atoms with E-state index < -0.39 is 17.4 Å². The minimum absolute atomic E-state index is 0.0256. The van der Waals surface area contributed by atoms with Crippen LogP contribution in [0.25, 0.3) is 0 Å². The first-order chi connectivity index (χ1) is 9.76. The van der Waals surface area contributed by atoms with Gasteiger partial charge in [-0.05, 0) is 37.5 Å². The van der Waals surface area contributed by atoms with Crippen LogP contribution in [0.2, 0.25) is 0 Å². The molecule has 5 nitrogen and oxygen atoms in total. The van der Waals surface area contributed by atoms with E-state index in [2.05, 4.69) is 10.6 Å². The topological polar surface area (TPSA) is 78.4 Å². The summed E-state index contributed by atoms with van der Waals surface area (Å²) in [6.07, 6.45) is 0.790. The second-order valence-corrected chi connectivity index (χ2v) is 5.67. The van der Waals surface area contributed by atoms with E-state index in [9.17, 15) is 14.7 Å². The van der Waals surface area contributed by atoms with E-state index in [-0.39, 0.29) is 12.5 Å². The molecule has 3 N–H and O–H groups in total. The van der Waals surface area contributed by atoms with Crippen LogP contribution < -0.4 is 10.6 Å². The van der Waals surface area contributed by atoms with Crippen molar-refractivity contribution in [3.63, 3.8) is 0 Å². The van der Waals surface area contributed by atoms with E-state index in [0.29, 0.717) is 5.69 Å². The largest absolute Gasteiger partial charge is 0.388 e. The maximum absolute atomic E-state index is 11.8. The summed E-state index contributed by atoms with van der Waals surface area (Å²) in [6.45, 7) is 7.46. The third-order valence-electron chi connectivity index (χ3n) is 3.76. The number of hydrogen-bond acceptors (Lipinski definition) is 3. The lowest BCUT2D eigenvalue weighted by molar-refractivity contribution is -0.137. The van der Waals surface area contributed by atoms with Crippen molar-refractivity contribution in [2.24, 2.45) is 5.92 Å². The second-order valence-electron chi connectivity index (χ2n) is 5.67. The molecule has 1 aromatic rings. The molecule has 0 radical (unpaired) electrons. The van der Waals surface area contributed by atoms with Gasteiger partial charge in [-0.25, -0.2) is 0 Å². The Labute approximate surface area is 125 Å². The van der Waals surface area contributed by atoms with Gasteiger partial charge in [-0.1, -0.05) is 32.4 Å². The second kappa shape index (κ2) is 7.22. The number of amides is 2. The molecule has 0 aliphatic heterocycles. The number of benzene rings is 1. The van der Waals surface area contributed by atoms with Crippen LogP contribution in [-0.2, 0) is 9.59 Å². The van der Waals surface area contributed by atoms with E-state index in [1.807, 2.05) is 26.8 Å². The van der Waals surface area contributed by atoms with Gasteiger partial charge in [0.25, 0.3) is 0 Å². The molecule has 0 saturated carbocycles. The molecule has 2 atom stereocenters. The number of nitrogens with one attached hydrogen (secondary N) is 2. The van der Waals surface area contributed by atoms with E-state index in [1.54, 1.807) is 25.1 Å². The number of carbonyl (C=O) groups is 2. The van der Waals surface area contributed by atoms with Gasteiger partial charge in [-0.3, -0.25) is 9.59 Å². The van der Waals surface area contributed by atoms with E-state index in [1.165, 1.54) is 0 Å². The van der Waals surface area contributed by atoms with Gasteiger partial charge >= 0.3 is 11.8 Å². The SMILES string of the molecule is CC[C@@H](C)[C@](C)(O)CNC(=O)C(=O)Nc1cccc(C)c1. The van der Waals surface area contributed by atoms with Gasteiger partial charge in [0.2, 0.25) is 0 Å². The van der Waals surface area contributed by atoms with Crippen molar-refractivity contribution >= 4 is 17.5 Å². The molecular weight excluding hydrogens is 268 g/mol. The van der Waals surface area contributed by atoms with Crippen LogP contribution in [0, 0.1) is 12.8 Å². The Morgan fingerprint density at radius 2 is 2.00 bits per heavy atom. The van der Waals surface area contributed by atoms with Gasteiger partial charge in [0, 0.05) is 12.2 Å². The Morgan fingerprint density at radius 1 is 1.33 bits per heavy atom. The molecule has 0 aliphatic carbocycles. The molecule has 1 rings (SSSR count). The van der Waals surface area contributed by atoms with Crippen molar-refractivity contribution in [1.29, 1.82) is 0 Å². The molecule has 1 aromatic carbocycles. The molecule has 0 spiro atoms. The van der Waals surface area contributed by atoms with Gasteiger partial charge in [-0.2, -0.15) is 0 Å². The summed E-state index contributed by atoms with van der Waals surface area (Å²) < 4.78 is 0. The van der Waals surface area contributed by atoms with Crippen molar-refractivity contribution in [2.45, 2.75) is 39.7 Å². The lowest BCUT2D eigenvalue weighted by Crippen LogP contribution is -2.47. The van der Waals surface area contributed by atoms with E-state index in [4.69, 9.17) is 0 Å². The van der Waals surface area contributed by atoms with Gasteiger partial charge in [0.1, 0.15) is 0 Å². The fourth-order valence-electron chi connectivity index (χ4n) is 1.86. The normalized spacial score (nSPS) is 14.9. The van der Waals surface area contributed by atoms with E-state index in [0.717, 1.165) is 12.0 Å². The highest BCUT2D eigenvalue weighted by Gasteiger charge is 2.28. The van der Waals surface area contributed by atoms with Crippen molar-refractivity contribution in [3.8, 4) is 0 Å². The Morgan fingerprint density at radius 3 is 2.57 bits per heavy atom. The Bertz CT molecular complexity index is 512. The summed E-state index contributed by atoms with van der Waals surface area (Å²) in [4.78, 5) is 23.5. The van der Waals surface area contributed by atoms with Crippen LogP contribution in [-0.4, -0.2) is 29.1 Å². The summed E-state index contributed by atoms with van der Waals surface area (Å²) in [5.41, 5.74) is 0.533. The average Bonchev–Trinajstić information content (AvgIpc) is 2.43. The molecule has 0 aliphatic rings. The fraction of sp³-hybridized carbons (Fsp3) is 0.500. The zero-order valence-electron chi connectivity index (χ0n) is 13.1. The summed E-state index contributed by atoms with van der Waals surface area (Å²) in [6, 6.07) is 7.20. The summed E-state index contributed by atoms with van der Waals surface area (Å²) in [5.74, 6) is -1.46. The van der Waals surface area contributed by atoms with Gasteiger partial charge in [0.15, 0.2) is 0 Å². The molecule has 116 valence electrons. The van der Waals surface area contributed by atoms with Crippen molar-refractivity contribution < 1.29 is 14.7 Å². The molecular formula is C16H24N2O3. The molecule has 0 heterocycles. The monoisotopic (exact) mass is 292 g/mol. The fourth-order valence-corrected chi connectivity index (χ4v) is 1.86. The van der Waals surface area contributed by atoms with Gasteiger partial charge in [0.05, 0.1) is 5.60 Å². The first-order valence-electron chi connectivity index (χ1n) is 7.14. The highest BCUT2D eigenvalue weighted by Crippen LogP contribution is 2.18. The zero-order valence-corrected chi connectivity index (χ0v) is 13.1. The maximum Gasteiger partial charge on any atom is 0.313 e. The van der Waals surface area contributed by atoms with Gasteiger partial charge in [-0.15, -0.1) is 0 Å². The predicted molar refractivity (Wildman–Crippen MR) is 82.9 cm³/mol. The van der Waals surface area contributed by atoms with Crippen LogP contribution in [0.1, 0.15) is 32.8 Å². The van der Waals surface area contributed by atoms with Crippen molar-refractivity contribution in [3.05, 3.63) is 29.8 Å². The number of aryl methyl sites for hydroxylation is 1. The molecule has 0 aromatic heterocycles. The first kappa shape index (κ1) is 17.2. The molecule has 5 heteroatoms. The third kappa shape index (κ3) is 5.19. The molecule has 21 heavy (non-hydrogen) atoms. The van der Waals surface area contributed by atoms with Gasteiger partial charge < -0.3 is 15.7 Å². The zero-order chi connectivity index (χ0) is 16.0. The van der Waals surface area contributed by atoms with Crippen molar-refractivity contribution in [1.82, 2.24) is 5.32 Å². The van der Waals surface area contributed by atoms with Crippen LogP contribution in [0.4, 0.5) is 5.69 Å². The molecule has 0 unspecified atom stereocenters. The minimum Gasteiger partial charge on any atom is -0.388 e. The molecule has 0 bridgehead atoms. The minimum atomic E-state index is -1.03. The Balaban J connectivity index is 2.54. The Hall–Kier alpha value is -1.88.